The van der Waals surface area contributed by atoms with Gasteiger partial charge in [0.25, 0.3) is 0 Å². The second-order valence-electron chi connectivity index (χ2n) is 9.22. The molecule has 2 saturated carbocycles. The van der Waals surface area contributed by atoms with Gasteiger partial charge in [0.2, 0.25) is 5.82 Å². The van der Waals surface area contributed by atoms with Crippen molar-refractivity contribution in [1.29, 1.82) is 0 Å². The molecule has 0 saturated heterocycles. The Labute approximate surface area is 170 Å². The van der Waals surface area contributed by atoms with E-state index in [1.807, 2.05) is 6.92 Å². The molecule has 158 valence electrons. The van der Waals surface area contributed by atoms with E-state index in [0.717, 1.165) is 49.9 Å². The van der Waals surface area contributed by atoms with Gasteiger partial charge >= 0.3 is 0 Å². The van der Waals surface area contributed by atoms with Crippen LogP contribution in [0.2, 0.25) is 0 Å². The van der Waals surface area contributed by atoms with E-state index >= 15 is 0 Å². The molecule has 0 unspecified atom stereocenters. The third kappa shape index (κ3) is 5.48. The van der Waals surface area contributed by atoms with Gasteiger partial charge in [0, 0.05) is 0 Å². The highest BCUT2D eigenvalue weighted by Gasteiger charge is 2.27. The Morgan fingerprint density at radius 3 is 1.93 bits per heavy atom. The summed E-state index contributed by atoms with van der Waals surface area (Å²) in [6.07, 6.45) is 14.8. The maximum atomic E-state index is 14.6. The first-order chi connectivity index (χ1) is 13.6. The molecule has 0 radical (unpaired) electrons. The lowest BCUT2D eigenvalue weighted by molar-refractivity contribution is 0.226. The average Bonchev–Trinajstić information content (AvgIpc) is 2.74. The van der Waals surface area contributed by atoms with Gasteiger partial charge in [-0.1, -0.05) is 64.9 Å². The number of rotatable bonds is 8. The lowest BCUT2D eigenvalue weighted by atomic mass is 9.74. The molecule has 0 aliphatic heterocycles. The summed E-state index contributed by atoms with van der Waals surface area (Å²) in [7, 11) is 0. The number of hydrogen-bond donors (Lipinski definition) is 0. The monoisotopic (exact) mass is 392 g/mol. The van der Waals surface area contributed by atoms with Crippen LogP contribution < -0.4 is 4.74 Å². The van der Waals surface area contributed by atoms with Gasteiger partial charge in [0.05, 0.1) is 6.61 Å². The summed E-state index contributed by atoms with van der Waals surface area (Å²) in [6.45, 7) is 4.70. The Kier molecular flexibility index (Phi) is 8.17. The molecule has 0 N–H and O–H groups in total. The molecule has 0 bridgehead atoms. The minimum Gasteiger partial charge on any atom is -0.490 e. The molecule has 1 aromatic rings. The zero-order valence-corrected chi connectivity index (χ0v) is 17.8. The van der Waals surface area contributed by atoms with Crippen LogP contribution in [0.5, 0.6) is 5.75 Å². The van der Waals surface area contributed by atoms with Crippen molar-refractivity contribution in [2.75, 3.05) is 6.61 Å². The van der Waals surface area contributed by atoms with Gasteiger partial charge in [-0.2, -0.15) is 4.39 Å². The summed E-state index contributed by atoms with van der Waals surface area (Å²) in [6, 6.07) is 3.36. The lowest BCUT2D eigenvalue weighted by Gasteiger charge is -2.32. The first-order valence-corrected chi connectivity index (χ1v) is 11.7. The number of hydrogen-bond acceptors (Lipinski definition) is 1. The zero-order valence-electron chi connectivity index (χ0n) is 17.8. The van der Waals surface area contributed by atoms with Crippen LogP contribution in [0, 0.1) is 29.4 Å². The molecular formula is C25H38F2O. The van der Waals surface area contributed by atoms with E-state index < -0.39 is 11.6 Å². The molecule has 0 spiro atoms. The van der Waals surface area contributed by atoms with Gasteiger partial charge in [-0.05, 0) is 67.4 Å². The third-order valence-corrected chi connectivity index (χ3v) is 7.35. The van der Waals surface area contributed by atoms with E-state index in [0.29, 0.717) is 12.2 Å². The van der Waals surface area contributed by atoms with Crippen LogP contribution in [0.4, 0.5) is 8.78 Å². The molecule has 2 fully saturated rings. The zero-order chi connectivity index (χ0) is 19.9. The second-order valence-corrected chi connectivity index (χ2v) is 9.22. The van der Waals surface area contributed by atoms with Gasteiger partial charge < -0.3 is 4.74 Å². The quantitative estimate of drug-likeness (QED) is 0.435. The van der Waals surface area contributed by atoms with Crippen molar-refractivity contribution in [3.63, 3.8) is 0 Å². The number of benzene rings is 1. The maximum absolute atomic E-state index is 14.6. The van der Waals surface area contributed by atoms with E-state index in [1.165, 1.54) is 44.9 Å². The fourth-order valence-corrected chi connectivity index (χ4v) is 5.35. The van der Waals surface area contributed by atoms with E-state index in [9.17, 15) is 8.78 Å². The van der Waals surface area contributed by atoms with Crippen LogP contribution in [0.1, 0.15) is 102 Å². The van der Waals surface area contributed by atoms with Crippen LogP contribution in [-0.4, -0.2) is 6.61 Å². The van der Waals surface area contributed by atoms with Crippen molar-refractivity contribution >= 4 is 0 Å². The molecule has 0 aromatic heterocycles. The molecule has 0 atom stereocenters. The molecule has 1 nitrogen and oxygen atoms in total. The largest absolute Gasteiger partial charge is 0.490 e. The first-order valence-electron chi connectivity index (χ1n) is 11.7. The molecule has 2 aliphatic carbocycles. The summed E-state index contributed by atoms with van der Waals surface area (Å²) in [5.74, 6) is 1.39. The maximum Gasteiger partial charge on any atom is 0.200 e. The predicted molar refractivity (Wildman–Crippen MR) is 112 cm³/mol. The Morgan fingerprint density at radius 2 is 1.36 bits per heavy atom. The summed E-state index contributed by atoms with van der Waals surface area (Å²) < 4.78 is 34.2. The lowest BCUT2D eigenvalue weighted by Crippen LogP contribution is -2.18. The molecule has 3 rings (SSSR count). The average molecular weight is 393 g/mol. The van der Waals surface area contributed by atoms with Crippen LogP contribution >= 0.6 is 0 Å². The van der Waals surface area contributed by atoms with Crippen molar-refractivity contribution in [2.24, 2.45) is 17.8 Å². The van der Waals surface area contributed by atoms with Crippen molar-refractivity contribution < 1.29 is 13.5 Å². The highest BCUT2D eigenvalue weighted by molar-refractivity contribution is 5.33. The van der Waals surface area contributed by atoms with E-state index in [4.69, 9.17) is 4.74 Å². The van der Waals surface area contributed by atoms with Gasteiger partial charge in [0.15, 0.2) is 11.6 Å². The summed E-state index contributed by atoms with van der Waals surface area (Å²) in [4.78, 5) is 0. The highest BCUT2D eigenvalue weighted by atomic mass is 19.2. The van der Waals surface area contributed by atoms with Crippen molar-refractivity contribution in [3.8, 4) is 5.75 Å². The van der Waals surface area contributed by atoms with Crippen molar-refractivity contribution in [1.82, 2.24) is 0 Å². The molecule has 2 aliphatic rings. The van der Waals surface area contributed by atoms with Gasteiger partial charge in [-0.3, -0.25) is 0 Å². The topological polar surface area (TPSA) is 9.23 Å². The number of halogens is 2. The van der Waals surface area contributed by atoms with Crippen LogP contribution in [0.3, 0.4) is 0 Å². The van der Waals surface area contributed by atoms with Crippen LogP contribution in [0.25, 0.3) is 0 Å². The highest BCUT2D eigenvalue weighted by Crippen LogP contribution is 2.41. The Hall–Kier alpha value is -1.12. The standard InChI is InChI=1S/C25H38F2O/c1-3-17-28-23-16-15-22(24(26)25(23)27)21-13-11-20(12-14-21)10-9-19-7-5-18(4-2)6-8-19/h15-16,18-21H,3-14,17H2,1-2H3/t18?,19?,20-,21-. The minimum absolute atomic E-state index is 0.0505. The summed E-state index contributed by atoms with van der Waals surface area (Å²) in [5.41, 5.74) is 0.553. The van der Waals surface area contributed by atoms with Crippen molar-refractivity contribution in [3.05, 3.63) is 29.3 Å². The van der Waals surface area contributed by atoms with Crippen molar-refractivity contribution in [2.45, 2.75) is 96.8 Å². The van der Waals surface area contributed by atoms with Gasteiger partial charge in [0.1, 0.15) is 0 Å². The van der Waals surface area contributed by atoms with E-state index in [2.05, 4.69) is 6.92 Å². The summed E-state index contributed by atoms with van der Waals surface area (Å²) in [5, 5.41) is 0. The Balaban J connectivity index is 1.45. The third-order valence-electron chi connectivity index (χ3n) is 7.35. The molecule has 0 heterocycles. The normalized spacial score (nSPS) is 28.3. The van der Waals surface area contributed by atoms with Gasteiger partial charge in [-0.15, -0.1) is 0 Å². The molecule has 28 heavy (non-hydrogen) atoms. The van der Waals surface area contributed by atoms with E-state index in [-0.39, 0.29) is 11.7 Å². The first kappa shape index (κ1) is 21.6. The Morgan fingerprint density at radius 1 is 0.786 bits per heavy atom. The van der Waals surface area contributed by atoms with Crippen LogP contribution in [0.15, 0.2) is 12.1 Å². The van der Waals surface area contributed by atoms with Gasteiger partial charge in [-0.25, -0.2) is 4.39 Å². The van der Waals surface area contributed by atoms with E-state index in [1.54, 1.807) is 12.1 Å². The molecule has 3 heteroatoms. The molecule has 0 amide bonds. The molecular weight excluding hydrogens is 354 g/mol. The fraction of sp³-hybridized carbons (Fsp3) is 0.760. The Bertz CT molecular complexity index is 599. The second kappa shape index (κ2) is 10.6. The SMILES string of the molecule is CCCOc1ccc([C@H]2CC[C@H](CCC3CCC(CC)CC3)CC2)c(F)c1F. The van der Waals surface area contributed by atoms with Crippen LogP contribution in [-0.2, 0) is 0 Å². The predicted octanol–water partition coefficient (Wildman–Crippen LogP) is 8.02. The minimum atomic E-state index is -0.809. The summed E-state index contributed by atoms with van der Waals surface area (Å²) >= 11 is 0. The number of ether oxygens (including phenoxy) is 1. The molecule has 1 aromatic carbocycles. The fourth-order valence-electron chi connectivity index (χ4n) is 5.35. The smallest absolute Gasteiger partial charge is 0.200 e.